The molecule has 1 aliphatic carbocycles. The van der Waals surface area contributed by atoms with Crippen LogP contribution in [0.4, 0.5) is 13.2 Å². The highest BCUT2D eigenvalue weighted by Gasteiger charge is 2.35. The lowest BCUT2D eigenvalue weighted by molar-refractivity contribution is -0.274. The first-order valence-corrected chi connectivity index (χ1v) is 10.9. The van der Waals surface area contributed by atoms with Crippen LogP contribution in [0, 0.1) is 0 Å². The Bertz CT molecular complexity index is 965. The molecule has 0 bridgehead atoms. The van der Waals surface area contributed by atoms with Gasteiger partial charge < -0.3 is 9.47 Å². The minimum absolute atomic E-state index is 0.0895. The Kier molecular flexibility index (Phi) is 6.92. The van der Waals surface area contributed by atoms with Gasteiger partial charge in [-0.1, -0.05) is 12.2 Å². The molecule has 0 unspecified atom stereocenters. The molecule has 0 radical (unpaired) electrons. The third-order valence-electron chi connectivity index (χ3n) is 4.84. The number of hydrogen-bond acceptors (Lipinski definition) is 6. The van der Waals surface area contributed by atoms with Gasteiger partial charge in [-0.3, -0.25) is 10.0 Å². The number of sulfonamides is 1. The molecular formula is C19H21F3N2O6S. The summed E-state index contributed by atoms with van der Waals surface area (Å²) in [6.07, 6.45) is -0.488. The second kappa shape index (κ2) is 9.28. The number of amides is 1. The zero-order valence-electron chi connectivity index (χ0n) is 16.3. The SMILES string of the molecule is O=C(NO)C1=CCCC=C1S(=O)(=O)N1CCC(Oc2ccc(OC(F)(F)F)cc2)CC1. The highest BCUT2D eigenvalue weighted by atomic mass is 32.2. The molecule has 3 rings (SSSR count). The minimum atomic E-state index is -4.78. The number of rotatable bonds is 6. The molecule has 2 N–H and O–H groups in total. The smallest absolute Gasteiger partial charge is 0.490 e. The number of allylic oxidation sites excluding steroid dienone is 2. The Morgan fingerprint density at radius 2 is 1.65 bits per heavy atom. The van der Waals surface area contributed by atoms with Crippen molar-refractivity contribution in [2.75, 3.05) is 13.1 Å². The van der Waals surface area contributed by atoms with E-state index in [2.05, 4.69) is 4.74 Å². The van der Waals surface area contributed by atoms with Crippen LogP contribution < -0.4 is 15.0 Å². The maximum Gasteiger partial charge on any atom is 0.573 e. The number of carbonyl (C=O) groups excluding carboxylic acids is 1. The van der Waals surface area contributed by atoms with Gasteiger partial charge in [0.2, 0.25) is 10.0 Å². The van der Waals surface area contributed by atoms with Crippen LogP contribution in [0.2, 0.25) is 0 Å². The van der Waals surface area contributed by atoms with E-state index >= 15 is 0 Å². The fraction of sp³-hybridized carbons (Fsp3) is 0.421. The van der Waals surface area contributed by atoms with Crippen molar-refractivity contribution in [3.8, 4) is 11.5 Å². The van der Waals surface area contributed by atoms with E-state index in [0.717, 1.165) is 12.1 Å². The number of carbonyl (C=O) groups is 1. The summed E-state index contributed by atoms with van der Waals surface area (Å²) in [5, 5.41) is 8.87. The summed E-state index contributed by atoms with van der Waals surface area (Å²) in [7, 11) is -3.93. The van der Waals surface area contributed by atoms with Crippen molar-refractivity contribution in [1.29, 1.82) is 0 Å². The van der Waals surface area contributed by atoms with E-state index in [1.807, 2.05) is 0 Å². The van der Waals surface area contributed by atoms with Crippen LogP contribution in [0.3, 0.4) is 0 Å². The average Bonchev–Trinajstić information content (AvgIpc) is 2.74. The predicted octanol–water partition coefficient (Wildman–Crippen LogP) is 2.87. The third-order valence-corrected chi connectivity index (χ3v) is 6.82. The van der Waals surface area contributed by atoms with E-state index in [1.165, 1.54) is 34.1 Å². The molecule has 1 aromatic rings. The maximum absolute atomic E-state index is 13.0. The Labute approximate surface area is 176 Å². The molecule has 12 heteroatoms. The predicted molar refractivity (Wildman–Crippen MR) is 103 cm³/mol. The number of ether oxygens (including phenoxy) is 2. The van der Waals surface area contributed by atoms with E-state index in [-0.39, 0.29) is 35.4 Å². The zero-order chi connectivity index (χ0) is 22.6. The Balaban J connectivity index is 1.59. The maximum atomic E-state index is 13.0. The first-order valence-electron chi connectivity index (χ1n) is 9.48. The number of alkyl halides is 3. The minimum Gasteiger partial charge on any atom is -0.490 e. The number of hydrogen-bond donors (Lipinski definition) is 2. The van der Waals surface area contributed by atoms with Crippen molar-refractivity contribution < 1.29 is 41.1 Å². The van der Waals surface area contributed by atoms with Crippen molar-refractivity contribution in [3.05, 3.63) is 46.9 Å². The number of nitrogens with one attached hydrogen (secondary N) is 1. The van der Waals surface area contributed by atoms with E-state index in [4.69, 9.17) is 9.94 Å². The van der Waals surface area contributed by atoms with Crippen molar-refractivity contribution in [3.63, 3.8) is 0 Å². The summed E-state index contributed by atoms with van der Waals surface area (Å²) in [4.78, 5) is 11.7. The van der Waals surface area contributed by atoms with Crippen molar-refractivity contribution in [2.45, 2.75) is 38.1 Å². The lowest BCUT2D eigenvalue weighted by atomic mass is 10.1. The quantitative estimate of drug-likeness (QED) is 0.498. The van der Waals surface area contributed by atoms with Gasteiger partial charge in [0.1, 0.15) is 17.6 Å². The zero-order valence-corrected chi connectivity index (χ0v) is 17.1. The van der Waals surface area contributed by atoms with Gasteiger partial charge in [0.15, 0.2) is 0 Å². The summed E-state index contributed by atoms with van der Waals surface area (Å²) in [6.45, 7) is 0.293. The number of nitrogens with zero attached hydrogens (tertiary/aromatic N) is 1. The van der Waals surface area contributed by atoms with Gasteiger partial charge in [-0.2, -0.15) is 4.31 Å². The molecule has 0 aromatic heterocycles. The molecule has 1 fully saturated rings. The lowest BCUT2D eigenvalue weighted by Gasteiger charge is -2.32. The number of benzene rings is 1. The molecule has 2 aliphatic rings. The third kappa shape index (κ3) is 5.77. The lowest BCUT2D eigenvalue weighted by Crippen LogP contribution is -2.43. The van der Waals surface area contributed by atoms with Crippen LogP contribution in [-0.2, 0) is 14.8 Å². The van der Waals surface area contributed by atoms with Crippen LogP contribution in [-0.4, -0.2) is 49.4 Å². The highest BCUT2D eigenvalue weighted by Crippen LogP contribution is 2.30. The first kappa shape index (κ1) is 23.1. The Morgan fingerprint density at radius 1 is 1.06 bits per heavy atom. The van der Waals surface area contributed by atoms with Gasteiger partial charge in [-0.05, 0) is 49.9 Å². The molecule has 1 saturated heterocycles. The van der Waals surface area contributed by atoms with Gasteiger partial charge in [-0.15, -0.1) is 13.2 Å². The van der Waals surface area contributed by atoms with Gasteiger partial charge >= 0.3 is 6.36 Å². The molecule has 1 aliphatic heterocycles. The number of halogens is 3. The summed E-state index contributed by atoms with van der Waals surface area (Å²) in [5.74, 6) is -0.904. The van der Waals surface area contributed by atoms with E-state index in [1.54, 1.807) is 0 Å². The highest BCUT2D eigenvalue weighted by molar-refractivity contribution is 7.93. The molecular weight excluding hydrogens is 441 g/mol. The molecule has 8 nitrogen and oxygen atoms in total. The van der Waals surface area contributed by atoms with Crippen LogP contribution >= 0.6 is 0 Å². The first-order chi connectivity index (χ1) is 14.6. The van der Waals surface area contributed by atoms with Gasteiger partial charge in [0, 0.05) is 13.1 Å². The summed E-state index contributed by atoms with van der Waals surface area (Å²) < 4.78 is 73.5. The van der Waals surface area contributed by atoms with Crippen LogP contribution in [0.5, 0.6) is 11.5 Å². The van der Waals surface area contributed by atoms with Crippen LogP contribution in [0.15, 0.2) is 46.9 Å². The van der Waals surface area contributed by atoms with Crippen molar-refractivity contribution in [1.82, 2.24) is 9.79 Å². The number of piperidine rings is 1. The molecule has 0 spiro atoms. The summed E-state index contributed by atoms with van der Waals surface area (Å²) in [5.41, 5.74) is 1.38. The Hall–Kier alpha value is -2.57. The van der Waals surface area contributed by atoms with Gasteiger partial charge in [-0.25, -0.2) is 13.9 Å². The van der Waals surface area contributed by atoms with Crippen molar-refractivity contribution >= 4 is 15.9 Å². The van der Waals surface area contributed by atoms with Crippen LogP contribution in [0.25, 0.3) is 0 Å². The molecule has 31 heavy (non-hydrogen) atoms. The van der Waals surface area contributed by atoms with Crippen LogP contribution in [0.1, 0.15) is 25.7 Å². The Morgan fingerprint density at radius 3 is 2.23 bits per heavy atom. The van der Waals surface area contributed by atoms with E-state index in [9.17, 15) is 26.4 Å². The average molecular weight is 462 g/mol. The second-order valence-electron chi connectivity index (χ2n) is 6.94. The molecule has 1 amide bonds. The second-order valence-corrected chi connectivity index (χ2v) is 8.85. The standard InChI is InChI=1S/C19H21F3N2O6S/c20-19(21,22)30-15-7-5-13(6-8-15)29-14-9-11-24(12-10-14)31(27,28)17-4-2-1-3-16(17)18(25)23-26/h3-8,14,26H,1-2,9-12H2,(H,23,25). The molecule has 1 aromatic carbocycles. The summed E-state index contributed by atoms with van der Waals surface area (Å²) in [6, 6.07) is 4.97. The van der Waals surface area contributed by atoms with Crippen molar-refractivity contribution in [2.24, 2.45) is 0 Å². The monoisotopic (exact) mass is 462 g/mol. The number of hydroxylamine groups is 1. The van der Waals surface area contributed by atoms with E-state index < -0.39 is 22.3 Å². The fourth-order valence-corrected chi connectivity index (χ4v) is 5.16. The van der Waals surface area contributed by atoms with E-state index in [0.29, 0.717) is 31.4 Å². The molecule has 0 atom stereocenters. The topological polar surface area (TPSA) is 105 Å². The molecule has 0 saturated carbocycles. The largest absolute Gasteiger partial charge is 0.573 e. The van der Waals surface area contributed by atoms with Gasteiger partial charge in [0.25, 0.3) is 5.91 Å². The summed E-state index contributed by atoms with van der Waals surface area (Å²) >= 11 is 0. The molecule has 1 heterocycles. The fourth-order valence-electron chi connectivity index (χ4n) is 3.40. The molecule has 170 valence electrons. The van der Waals surface area contributed by atoms with Gasteiger partial charge in [0.05, 0.1) is 10.5 Å². The normalized spacial score (nSPS) is 18.7.